The molecule has 0 saturated carbocycles. The van der Waals surface area contributed by atoms with Gasteiger partial charge in [0, 0.05) is 18.8 Å². The summed E-state index contributed by atoms with van der Waals surface area (Å²) < 4.78 is 0. The van der Waals surface area contributed by atoms with Crippen LogP contribution >= 0.6 is 0 Å². The van der Waals surface area contributed by atoms with Crippen LogP contribution in [-0.2, 0) is 6.42 Å². The molecule has 0 spiro atoms. The van der Waals surface area contributed by atoms with E-state index in [0.717, 1.165) is 11.8 Å². The lowest BCUT2D eigenvalue weighted by Gasteiger charge is -2.36. The largest absolute Gasteiger partial charge is 0.371 e. The van der Waals surface area contributed by atoms with Crippen molar-refractivity contribution < 1.29 is 0 Å². The van der Waals surface area contributed by atoms with E-state index in [9.17, 15) is 0 Å². The van der Waals surface area contributed by atoms with Gasteiger partial charge in [-0.3, -0.25) is 0 Å². The van der Waals surface area contributed by atoms with E-state index in [-0.39, 0.29) is 0 Å². The van der Waals surface area contributed by atoms with Crippen molar-refractivity contribution in [3.8, 4) is 0 Å². The lowest BCUT2D eigenvalue weighted by atomic mass is 9.92. The van der Waals surface area contributed by atoms with Gasteiger partial charge in [-0.05, 0) is 62.2 Å². The average molecular weight is 258 g/mol. The fourth-order valence-electron chi connectivity index (χ4n) is 3.63. The zero-order valence-electron chi connectivity index (χ0n) is 12.1. The predicted molar refractivity (Wildman–Crippen MR) is 81.7 cm³/mol. The molecule has 2 nitrogen and oxygen atoms in total. The molecule has 1 fully saturated rings. The topological polar surface area (TPSA) is 15.3 Å². The zero-order chi connectivity index (χ0) is 13.1. The normalized spacial score (nSPS) is 27.1. The number of nitrogens with zero attached hydrogens (tertiary/aromatic N) is 1. The molecule has 0 aromatic heterocycles. The summed E-state index contributed by atoms with van der Waals surface area (Å²) in [7, 11) is 0. The molecule has 0 amide bonds. The Balaban J connectivity index is 1.64. The number of rotatable bonds is 3. The molecule has 2 unspecified atom stereocenters. The van der Waals surface area contributed by atoms with Crippen LogP contribution in [0.1, 0.15) is 31.7 Å². The Kier molecular flexibility index (Phi) is 4.07. The average Bonchev–Trinajstić information content (AvgIpc) is 2.45. The van der Waals surface area contributed by atoms with Gasteiger partial charge in [-0.25, -0.2) is 0 Å². The summed E-state index contributed by atoms with van der Waals surface area (Å²) >= 11 is 0. The number of hydrogen-bond acceptors (Lipinski definition) is 2. The Morgan fingerprint density at radius 2 is 2.21 bits per heavy atom. The molecule has 2 heterocycles. The first-order valence-electron chi connectivity index (χ1n) is 7.86. The highest BCUT2D eigenvalue weighted by atomic mass is 15.1. The van der Waals surface area contributed by atoms with Crippen molar-refractivity contribution >= 4 is 5.69 Å². The number of hydrogen-bond donors (Lipinski definition) is 1. The molecule has 2 heteroatoms. The Labute approximate surface area is 117 Å². The monoisotopic (exact) mass is 258 g/mol. The van der Waals surface area contributed by atoms with Crippen molar-refractivity contribution in [1.82, 2.24) is 5.32 Å². The van der Waals surface area contributed by atoms with Gasteiger partial charge in [-0.1, -0.05) is 25.1 Å². The molecular weight excluding hydrogens is 232 g/mol. The van der Waals surface area contributed by atoms with Crippen molar-refractivity contribution in [3.05, 3.63) is 29.8 Å². The van der Waals surface area contributed by atoms with Crippen LogP contribution in [0, 0.1) is 11.8 Å². The Bertz CT molecular complexity index is 409. The maximum Gasteiger partial charge on any atom is 0.0398 e. The van der Waals surface area contributed by atoms with Crippen molar-refractivity contribution in [2.24, 2.45) is 11.8 Å². The molecule has 0 radical (unpaired) electrons. The third-order valence-corrected chi connectivity index (χ3v) is 4.64. The number of fused-ring (bicyclic) bond motifs is 1. The van der Waals surface area contributed by atoms with Gasteiger partial charge in [-0.15, -0.1) is 0 Å². The molecule has 1 aromatic rings. The van der Waals surface area contributed by atoms with Crippen molar-refractivity contribution in [2.45, 2.75) is 32.6 Å². The molecular formula is C17H26N2. The van der Waals surface area contributed by atoms with E-state index in [1.165, 1.54) is 57.5 Å². The first kappa shape index (κ1) is 13.0. The summed E-state index contributed by atoms with van der Waals surface area (Å²) in [6, 6.07) is 8.98. The van der Waals surface area contributed by atoms with Crippen LogP contribution in [0.4, 0.5) is 5.69 Å². The van der Waals surface area contributed by atoms with E-state index < -0.39 is 0 Å². The second kappa shape index (κ2) is 5.96. The summed E-state index contributed by atoms with van der Waals surface area (Å²) in [6.45, 7) is 7.29. The molecule has 19 heavy (non-hydrogen) atoms. The summed E-state index contributed by atoms with van der Waals surface area (Å²) in [5, 5.41) is 3.53. The number of anilines is 1. The van der Waals surface area contributed by atoms with Crippen LogP contribution in [0.25, 0.3) is 0 Å². The third kappa shape index (κ3) is 3.11. The Hall–Kier alpha value is -1.02. The molecule has 2 aliphatic heterocycles. The summed E-state index contributed by atoms with van der Waals surface area (Å²) in [4.78, 5) is 2.62. The molecule has 3 rings (SSSR count). The number of piperidine rings is 1. The highest BCUT2D eigenvalue weighted by molar-refractivity contribution is 5.55. The molecule has 0 aliphatic carbocycles. The zero-order valence-corrected chi connectivity index (χ0v) is 12.1. The van der Waals surface area contributed by atoms with E-state index >= 15 is 0 Å². The number of benzene rings is 1. The van der Waals surface area contributed by atoms with Crippen LogP contribution in [0.3, 0.4) is 0 Å². The SMILES string of the molecule is CC1Cc2ccccc2N(CCC2CCCNC2)C1. The maximum absolute atomic E-state index is 3.53. The van der Waals surface area contributed by atoms with E-state index in [2.05, 4.69) is 41.4 Å². The fourth-order valence-corrected chi connectivity index (χ4v) is 3.63. The van der Waals surface area contributed by atoms with Gasteiger partial charge in [-0.2, -0.15) is 0 Å². The number of para-hydroxylation sites is 1. The maximum atomic E-state index is 3.53. The molecule has 2 atom stereocenters. The van der Waals surface area contributed by atoms with Crippen LogP contribution in [0.5, 0.6) is 0 Å². The van der Waals surface area contributed by atoms with Gasteiger partial charge in [0.25, 0.3) is 0 Å². The van der Waals surface area contributed by atoms with Crippen molar-refractivity contribution in [1.29, 1.82) is 0 Å². The third-order valence-electron chi connectivity index (χ3n) is 4.64. The Morgan fingerprint density at radius 1 is 1.32 bits per heavy atom. The molecule has 1 aromatic carbocycles. The molecule has 2 aliphatic rings. The predicted octanol–water partition coefficient (Wildman–Crippen LogP) is 3.07. The quantitative estimate of drug-likeness (QED) is 0.896. The van der Waals surface area contributed by atoms with Gasteiger partial charge in [0.15, 0.2) is 0 Å². The summed E-state index contributed by atoms with van der Waals surface area (Å²) in [5.41, 5.74) is 3.03. The van der Waals surface area contributed by atoms with Gasteiger partial charge in [0.1, 0.15) is 0 Å². The second-order valence-corrected chi connectivity index (χ2v) is 6.39. The van der Waals surface area contributed by atoms with E-state index in [1.807, 2.05) is 0 Å². The molecule has 1 saturated heterocycles. The van der Waals surface area contributed by atoms with Gasteiger partial charge in [0.2, 0.25) is 0 Å². The minimum Gasteiger partial charge on any atom is -0.371 e. The van der Waals surface area contributed by atoms with Gasteiger partial charge >= 0.3 is 0 Å². The van der Waals surface area contributed by atoms with Crippen LogP contribution < -0.4 is 10.2 Å². The minimum atomic E-state index is 0.791. The lowest BCUT2D eigenvalue weighted by molar-refractivity contribution is 0.355. The van der Waals surface area contributed by atoms with Crippen molar-refractivity contribution in [3.63, 3.8) is 0 Å². The first-order valence-corrected chi connectivity index (χ1v) is 7.86. The van der Waals surface area contributed by atoms with Crippen LogP contribution in [-0.4, -0.2) is 26.2 Å². The standard InChI is InChI=1S/C17H26N2/c1-14-11-16-6-2-3-7-17(16)19(13-14)10-8-15-5-4-9-18-12-15/h2-3,6-7,14-15,18H,4-5,8-13H2,1H3. The smallest absolute Gasteiger partial charge is 0.0398 e. The molecule has 1 N–H and O–H groups in total. The van der Waals surface area contributed by atoms with Crippen molar-refractivity contribution in [2.75, 3.05) is 31.1 Å². The van der Waals surface area contributed by atoms with Crippen LogP contribution in [0.15, 0.2) is 24.3 Å². The fraction of sp³-hybridized carbons (Fsp3) is 0.647. The molecule has 104 valence electrons. The van der Waals surface area contributed by atoms with Gasteiger partial charge < -0.3 is 10.2 Å². The highest BCUT2D eigenvalue weighted by Crippen LogP contribution is 2.30. The van der Waals surface area contributed by atoms with Crippen LogP contribution in [0.2, 0.25) is 0 Å². The van der Waals surface area contributed by atoms with Gasteiger partial charge in [0.05, 0.1) is 0 Å². The Morgan fingerprint density at radius 3 is 3.05 bits per heavy atom. The summed E-state index contributed by atoms with van der Waals surface area (Å²) in [6.07, 6.45) is 5.36. The second-order valence-electron chi connectivity index (χ2n) is 6.39. The first-order chi connectivity index (χ1) is 9.33. The number of nitrogens with one attached hydrogen (secondary N) is 1. The van der Waals surface area contributed by atoms with E-state index in [0.29, 0.717) is 0 Å². The van der Waals surface area contributed by atoms with E-state index in [4.69, 9.17) is 0 Å². The molecule has 0 bridgehead atoms. The minimum absolute atomic E-state index is 0.791. The van der Waals surface area contributed by atoms with E-state index in [1.54, 1.807) is 5.56 Å². The lowest BCUT2D eigenvalue weighted by Crippen LogP contribution is -2.37. The summed E-state index contributed by atoms with van der Waals surface area (Å²) in [5.74, 6) is 1.68. The highest BCUT2D eigenvalue weighted by Gasteiger charge is 2.22.